The summed E-state index contributed by atoms with van der Waals surface area (Å²) in [4.78, 5) is 18.4. The van der Waals surface area contributed by atoms with E-state index in [0.29, 0.717) is 25.6 Å². The van der Waals surface area contributed by atoms with Gasteiger partial charge >= 0.3 is 0 Å². The molecule has 0 aliphatic heterocycles. The van der Waals surface area contributed by atoms with Gasteiger partial charge in [-0.05, 0) is 34.9 Å². The molecule has 1 aromatic rings. The van der Waals surface area contributed by atoms with Crippen LogP contribution >= 0.6 is 0 Å². The third-order valence-corrected chi connectivity index (χ3v) is 2.79. The molecule has 1 N–H and O–H groups in total. The van der Waals surface area contributed by atoms with E-state index < -0.39 is 0 Å². The summed E-state index contributed by atoms with van der Waals surface area (Å²) in [5, 5.41) is 3.03. The minimum Gasteiger partial charge on any atom is -0.378 e. The van der Waals surface area contributed by atoms with Gasteiger partial charge in [0.1, 0.15) is 0 Å². The van der Waals surface area contributed by atoms with Crippen LogP contribution in [0, 0.1) is 0 Å². The van der Waals surface area contributed by atoms with Gasteiger partial charge in [0.15, 0.2) is 5.82 Å². The van der Waals surface area contributed by atoms with Gasteiger partial charge in [-0.25, -0.2) is 4.98 Å². The SMILES string of the molecule is CN(C)CCOCCNc1nccn(C(C)(C)C)c1=O. The fourth-order valence-electron chi connectivity index (χ4n) is 1.65. The lowest BCUT2D eigenvalue weighted by Gasteiger charge is -2.22. The lowest BCUT2D eigenvalue weighted by atomic mass is 10.1. The Hall–Kier alpha value is -1.40. The van der Waals surface area contributed by atoms with Gasteiger partial charge in [-0.3, -0.25) is 4.79 Å². The average Bonchev–Trinajstić information content (AvgIpc) is 2.33. The van der Waals surface area contributed by atoms with Crippen LogP contribution in [0.5, 0.6) is 0 Å². The Morgan fingerprint density at radius 3 is 2.65 bits per heavy atom. The molecule has 0 fully saturated rings. The highest BCUT2D eigenvalue weighted by atomic mass is 16.5. The van der Waals surface area contributed by atoms with Crippen LogP contribution < -0.4 is 10.9 Å². The number of hydrogen-bond acceptors (Lipinski definition) is 5. The largest absolute Gasteiger partial charge is 0.378 e. The molecular weight excluding hydrogens is 256 g/mol. The molecule has 0 aliphatic rings. The first kappa shape index (κ1) is 16.7. The van der Waals surface area contributed by atoms with E-state index in [-0.39, 0.29) is 11.1 Å². The number of hydrogen-bond donors (Lipinski definition) is 1. The van der Waals surface area contributed by atoms with Crippen LogP contribution in [-0.4, -0.2) is 54.8 Å². The van der Waals surface area contributed by atoms with Crippen LogP contribution in [0.4, 0.5) is 5.82 Å². The van der Waals surface area contributed by atoms with Crippen LogP contribution in [0.2, 0.25) is 0 Å². The molecule has 0 radical (unpaired) electrons. The highest BCUT2D eigenvalue weighted by Gasteiger charge is 2.16. The summed E-state index contributed by atoms with van der Waals surface area (Å²) in [5.41, 5.74) is -0.355. The molecule has 0 saturated carbocycles. The maximum Gasteiger partial charge on any atom is 0.293 e. The third kappa shape index (κ3) is 5.30. The maximum absolute atomic E-state index is 12.2. The highest BCUT2D eigenvalue weighted by molar-refractivity contribution is 5.30. The van der Waals surface area contributed by atoms with Gasteiger partial charge in [0.05, 0.1) is 13.2 Å². The number of aromatic nitrogens is 2. The van der Waals surface area contributed by atoms with Gasteiger partial charge in [-0.2, -0.15) is 0 Å². The zero-order valence-electron chi connectivity index (χ0n) is 13.1. The minimum atomic E-state index is -0.251. The fourth-order valence-corrected chi connectivity index (χ4v) is 1.65. The first-order chi connectivity index (χ1) is 9.32. The van der Waals surface area contributed by atoms with Crippen molar-refractivity contribution in [2.45, 2.75) is 26.3 Å². The van der Waals surface area contributed by atoms with E-state index in [4.69, 9.17) is 4.74 Å². The Morgan fingerprint density at radius 1 is 1.35 bits per heavy atom. The monoisotopic (exact) mass is 282 g/mol. The third-order valence-electron chi connectivity index (χ3n) is 2.79. The number of nitrogens with one attached hydrogen (secondary N) is 1. The number of ether oxygens (including phenoxy) is 1. The van der Waals surface area contributed by atoms with Crippen LogP contribution in [0.1, 0.15) is 20.8 Å². The first-order valence-corrected chi connectivity index (χ1v) is 6.87. The topological polar surface area (TPSA) is 59.4 Å². The van der Waals surface area contributed by atoms with E-state index >= 15 is 0 Å². The van der Waals surface area contributed by atoms with E-state index in [1.54, 1.807) is 17.0 Å². The Bertz CT molecular complexity index is 463. The molecule has 1 rings (SSSR count). The molecule has 0 spiro atoms. The summed E-state index contributed by atoms with van der Waals surface area (Å²) >= 11 is 0. The summed E-state index contributed by atoms with van der Waals surface area (Å²) < 4.78 is 7.14. The lowest BCUT2D eigenvalue weighted by molar-refractivity contribution is 0.126. The summed E-state index contributed by atoms with van der Waals surface area (Å²) in [6.45, 7) is 8.67. The van der Waals surface area contributed by atoms with Crippen molar-refractivity contribution in [3.05, 3.63) is 22.7 Å². The van der Waals surface area contributed by atoms with Gasteiger partial charge < -0.3 is 19.5 Å². The van der Waals surface area contributed by atoms with Crippen molar-refractivity contribution >= 4 is 5.82 Å². The predicted octanol–water partition coefficient (Wildman–Crippen LogP) is 0.988. The van der Waals surface area contributed by atoms with E-state index in [2.05, 4.69) is 15.2 Å². The van der Waals surface area contributed by atoms with Crippen molar-refractivity contribution in [2.75, 3.05) is 45.7 Å². The van der Waals surface area contributed by atoms with Gasteiger partial charge in [-0.15, -0.1) is 0 Å². The smallest absolute Gasteiger partial charge is 0.293 e. The Morgan fingerprint density at radius 2 is 2.05 bits per heavy atom. The standard InChI is InChI=1S/C14H26N4O2/c1-14(2,3)18-8-6-15-12(13(18)19)16-7-10-20-11-9-17(4)5/h6,8H,7,9-11H2,1-5H3,(H,15,16). The lowest BCUT2D eigenvalue weighted by Crippen LogP contribution is -2.35. The van der Waals surface area contributed by atoms with Crippen molar-refractivity contribution in [1.29, 1.82) is 0 Å². The van der Waals surface area contributed by atoms with E-state index in [1.165, 1.54) is 0 Å². The van der Waals surface area contributed by atoms with Crippen LogP contribution in [0.3, 0.4) is 0 Å². The van der Waals surface area contributed by atoms with Gasteiger partial charge in [0, 0.05) is 31.0 Å². The molecule has 6 nitrogen and oxygen atoms in total. The second kappa shape index (κ2) is 7.40. The van der Waals surface area contributed by atoms with Crippen molar-refractivity contribution < 1.29 is 4.74 Å². The van der Waals surface area contributed by atoms with Gasteiger partial charge in [-0.1, -0.05) is 0 Å². The van der Waals surface area contributed by atoms with E-state index in [9.17, 15) is 4.79 Å². The molecule has 20 heavy (non-hydrogen) atoms. The second-order valence-corrected chi connectivity index (χ2v) is 5.96. The molecule has 0 aliphatic carbocycles. The molecule has 0 saturated heterocycles. The molecular formula is C14H26N4O2. The number of likely N-dealkylation sites (N-methyl/N-ethyl adjacent to an activating group) is 1. The summed E-state index contributed by atoms with van der Waals surface area (Å²) in [6, 6.07) is 0. The Balaban J connectivity index is 2.47. The van der Waals surface area contributed by atoms with Crippen LogP contribution in [0.15, 0.2) is 17.2 Å². The quantitative estimate of drug-likeness (QED) is 0.756. The van der Waals surface area contributed by atoms with E-state index in [1.807, 2.05) is 34.9 Å². The summed E-state index contributed by atoms with van der Waals surface area (Å²) in [5.74, 6) is 0.374. The molecule has 0 amide bonds. The molecule has 1 aromatic heterocycles. The minimum absolute atomic E-state index is 0.103. The van der Waals surface area contributed by atoms with Crippen LogP contribution in [-0.2, 0) is 10.3 Å². The van der Waals surface area contributed by atoms with Crippen molar-refractivity contribution in [3.8, 4) is 0 Å². The summed E-state index contributed by atoms with van der Waals surface area (Å²) in [6.07, 6.45) is 3.35. The average molecular weight is 282 g/mol. The molecule has 1 heterocycles. The van der Waals surface area contributed by atoms with Gasteiger partial charge in [0.25, 0.3) is 5.56 Å². The predicted molar refractivity (Wildman–Crippen MR) is 81.4 cm³/mol. The molecule has 0 unspecified atom stereocenters. The van der Waals surface area contributed by atoms with Crippen LogP contribution in [0.25, 0.3) is 0 Å². The van der Waals surface area contributed by atoms with Crippen molar-refractivity contribution in [2.24, 2.45) is 0 Å². The fraction of sp³-hybridized carbons (Fsp3) is 0.714. The maximum atomic E-state index is 12.2. The second-order valence-electron chi connectivity index (χ2n) is 5.96. The molecule has 0 aromatic carbocycles. The molecule has 114 valence electrons. The normalized spacial score (nSPS) is 11.9. The number of rotatable bonds is 7. The summed E-state index contributed by atoms with van der Waals surface area (Å²) in [7, 11) is 4.01. The van der Waals surface area contributed by atoms with Gasteiger partial charge in [0.2, 0.25) is 0 Å². The zero-order valence-corrected chi connectivity index (χ0v) is 13.1. The van der Waals surface area contributed by atoms with Crippen molar-refractivity contribution in [3.63, 3.8) is 0 Å². The van der Waals surface area contributed by atoms with E-state index in [0.717, 1.165) is 6.54 Å². The first-order valence-electron chi connectivity index (χ1n) is 6.87. The Labute approximate surface area is 120 Å². The number of anilines is 1. The van der Waals surface area contributed by atoms with Crippen molar-refractivity contribution in [1.82, 2.24) is 14.5 Å². The molecule has 6 heteroatoms. The molecule has 0 atom stereocenters. The number of nitrogens with zero attached hydrogens (tertiary/aromatic N) is 3. The highest BCUT2D eigenvalue weighted by Crippen LogP contribution is 2.10. The zero-order chi connectivity index (χ0) is 15.2. The Kier molecular flexibility index (Phi) is 6.16. The molecule has 0 bridgehead atoms.